The zero-order valence-electron chi connectivity index (χ0n) is 16.5. The molecule has 31 heavy (non-hydrogen) atoms. The van der Waals surface area contributed by atoms with E-state index in [1.807, 2.05) is 31.2 Å². The molecule has 6 nitrogen and oxygen atoms in total. The van der Waals surface area contributed by atoms with E-state index >= 15 is 0 Å². The second kappa shape index (κ2) is 10.9. The van der Waals surface area contributed by atoms with E-state index in [9.17, 15) is 9.59 Å². The number of aryl methyl sites for hydroxylation is 1. The smallest absolute Gasteiger partial charge is 0.343 e. The zero-order chi connectivity index (χ0) is 22.2. The molecule has 3 aromatic rings. The fraction of sp³-hybridized carbons (Fsp3) is 0.0870. The number of esters is 1. The van der Waals surface area contributed by atoms with Crippen LogP contribution in [0, 0.1) is 6.92 Å². The van der Waals surface area contributed by atoms with Crippen LogP contribution in [0.1, 0.15) is 21.5 Å². The Bertz CT molecular complexity index is 1110. The van der Waals surface area contributed by atoms with Crippen LogP contribution in [0.2, 0.25) is 0 Å². The van der Waals surface area contributed by atoms with Crippen LogP contribution in [0.4, 0.5) is 0 Å². The van der Waals surface area contributed by atoms with Crippen molar-refractivity contribution in [3.63, 3.8) is 0 Å². The number of carbonyl (C=O) groups excluding carboxylic acids is 2. The van der Waals surface area contributed by atoms with Gasteiger partial charge in [-0.3, -0.25) is 4.79 Å². The van der Waals surface area contributed by atoms with E-state index in [4.69, 9.17) is 9.47 Å². The van der Waals surface area contributed by atoms with Crippen LogP contribution in [0.25, 0.3) is 0 Å². The molecule has 0 aliphatic heterocycles. The molecule has 0 unspecified atom stereocenters. The van der Waals surface area contributed by atoms with E-state index < -0.39 is 11.9 Å². The van der Waals surface area contributed by atoms with Gasteiger partial charge in [0.1, 0.15) is 11.5 Å². The zero-order valence-corrected chi connectivity index (χ0v) is 19.6. The summed E-state index contributed by atoms with van der Waals surface area (Å²) in [5.41, 5.74) is 4.21. The highest BCUT2D eigenvalue weighted by atomic mass is 79.9. The number of halogens is 2. The quantitative estimate of drug-likeness (QED) is 0.190. The molecule has 0 spiro atoms. The average Bonchev–Trinajstić information content (AvgIpc) is 2.75. The van der Waals surface area contributed by atoms with Crippen LogP contribution >= 0.6 is 31.9 Å². The van der Waals surface area contributed by atoms with Gasteiger partial charge in [0.05, 0.1) is 11.8 Å². The number of rotatable bonds is 7. The van der Waals surface area contributed by atoms with Crippen molar-refractivity contribution < 1.29 is 19.1 Å². The van der Waals surface area contributed by atoms with E-state index in [-0.39, 0.29) is 6.61 Å². The lowest BCUT2D eigenvalue weighted by atomic mass is 10.1. The third kappa shape index (κ3) is 6.77. The maximum Gasteiger partial charge on any atom is 0.343 e. The first kappa shape index (κ1) is 22.7. The molecule has 1 amide bonds. The van der Waals surface area contributed by atoms with Crippen LogP contribution in [0.15, 0.2) is 80.8 Å². The van der Waals surface area contributed by atoms with Crippen LogP contribution in [0.5, 0.6) is 11.5 Å². The second-order valence-electron chi connectivity index (χ2n) is 6.42. The van der Waals surface area contributed by atoms with Crippen molar-refractivity contribution in [2.45, 2.75) is 6.92 Å². The van der Waals surface area contributed by atoms with Crippen LogP contribution in [0.3, 0.4) is 0 Å². The minimum absolute atomic E-state index is 0.188. The van der Waals surface area contributed by atoms with Crippen LogP contribution < -0.4 is 14.9 Å². The Kier molecular flexibility index (Phi) is 7.97. The fourth-order valence-corrected chi connectivity index (χ4v) is 3.20. The Balaban J connectivity index is 1.62. The van der Waals surface area contributed by atoms with Gasteiger partial charge < -0.3 is 9.47 Å². The number of ether oxygens (including phenoxy) is 2. The molecule has 158 valence electrons. The number of nitrogens with one attached hydrogen (secondary N) is 1. The maximum atomic E-state index is 12.5. The van der Waals surface area contributed by atoms with E-state index in [0.29, 0.717) is 22.6 Å². The first-order valence-corrected chi connectivity index (χ1v) is 10.8. The van der Waals surface area contributed by atoms with E-state index in [2.05, 4.69) is 42.4 Å². The summed E-state index contributed by atoms with van der Waals surface area (Å²) in [6, 6.07) is 19.4. The molecule has 0 atom stereocenters. The third-order valence-corrected chi connectivity index (χ3v) is 5.14. The molecule has 0 aliphatic carbocycles. The Morgan fingerprint density at radius 3 is 2.45 bits per heavy atom. The normalized spacial score (nSPS) is 10.7. The molecule has 0 bridgehead atoms. The molecule has 1 N–H and O–H groups in total. The van der Waals surface area contributed by atoms with E-state index in [1.54, 1.807) is 42.5 Å². The van der Waals surface area contributed by atoms with Gasteiger partial charge in [-0.05, 0) is 61.0 Å². The number of carbonyl (C=O) groups is 2. The number of hydrazone groups is 1. The highest BCUT2D eigenvalue weighted by Crippen LogP contribution is 2.23. The molecule has 0 saturated carbocycles. The number of hydrogen-bond donors (Lipinski definition) is 1. The highest BCUT2D eigenvalue weighted by Gasteiger charge is 2.13. The molecule has 0 saturated heterocycles. The van der Waals surface area contributed by atoms with Gasteiger partial charge in [-0.1, -0.05) is 50.1 Å². The van der Waals surface area contributed by atoms with Crippen LogP contribution in [-0.4, -0.2) is 24.7 Å². The van der Waals surface area contributed by atoms with Crippen molar-refractivity contribution in [2.75, 3.05) is 6.61 Å². The minimum atomic E-state index is -0.470. The fourth-order valence-electron chi connectivity index (χ4n) is 2.56. The summed E-state index contributed by atoms with van der Waals surface area (Å²) < 4.78 is 12.6. The van der Waals surface area contributed by atoms with Crippen molar-refractivity contribution in [2.24, 2.45) is 5.10 Å². The largest absolute Gasteiger partial charge is 0.484 e. The molecule has 0 aromatic heterocycles. The van der Waals surface area contributed by atoms with Gasteiger partial charge >= 0.3 is 5.97 Å². The molecule has 0 aliphatic rings. The Morgan fingerprint density at radius 1 is 1.00 bits per heavy atom. The lowest BCUT2D eigenvalue weighted by molar-refractivity contribution is -0.123. The van der Waals surface area contributed by atoms with Gasteiger partial charge in [-0.25, -0.2) is 10.2 Å². The SMILES string of the molecule is Cc1ccccc1C(=O)Oc1ccc(Br)cc1C=NNC(=O)COc1ccc(Br)cc1. The summed E-state index contributed by atoms with van der Waals surface area (Å²) in [5, 5.41) is 3.94. The van der Waals surface area contributed by atoms with Crippen molar-refractivity contribution in [3.8, 4) is 11.5 Å². The van der Waals surface area contributed by atoms with E-state index in [1.165, 1.54) is 6.21 Å². The predicted octanol–water partition coefficient (Wildman–Crippen LogP) is 5.27. The van der Waals surface area contributed by atoms with Gasteiger partial charge in [0.2, 0.25) is 0 Å². The molecule has 0 radical (unpaired) electrons. The maximum absolute atomic E-state index is 12.5. The molecule has 8 heteroatoms. The van der Waals surface area contributed by atoms with Crippen LogP contribution in [-0.2, 0) is 4.79 Å². The summed E-state index contributed by atoms with van der Waals surface area (Å²) in [4.78, 5) is 24.5. The Labute approximate surface area is 196 Å². The minimum Gasteiger partial charge on any atom is -0.484 e. The topological polar surface area (TPSA) is 77.0 Å². The molecular formula is C23H18Br2N2O4. The summed E-state index contributed by atoms with van der Waals surface area (Å²) in [6.07, 6.45) is 1.41. The summed E-state index contributed by atoms with van der Waals surface area (Å²) >= 11 is 6.72. The number of amides is 1. The number of benzene rings is 3. The van der Waals surface area contributed by atoms with Crippen molar-refractivity contribution in [1.82, 2.24) is 5.43 Å². The molecule has 0 fully saturated rings. The van der Waals surface area contributed by atoms with Crippen molar-refractivity contribution in [3.05, 3.63) is 92.4 Å². The molecule has 3 aromatic carbocycles. The van der Waals surface area contributed by atoms with E-state index in [0.717, 1.165) is 14.5 Å². The van der Waals surface area contributed by atoms with Gasteiger partial charge in [0.15, 0.2) is 6.61 Å². The van der Waals surface area contributed by atoms with Gasteiger partial charge in [-0.15, -0.1) is 0 Å². The molecular weight excluding hydrogens is 528 g/mol. The highest BCUT2D eigenvalue weighted by molar-refractivity contribution is 9.10. The van der Waals surface area contributed by atoms with Crippen molar-refractivity contribution >= 4 is 50.0 Å². The predicted molar refractivity (Wildman–Crippen MR) is 126 cm³/mol. The molecule has 3 rings (SSSR count). The van der Waals surface area contributed by atoms with Gasteiger partial charge in [0.25, 0.3) is 5.91 Å². The second-order valence-corrected chi connectivity index (χ2v) is 8.25. The van der Waals surface area contributed by atoms with Crippen molar-refractivity contribution in [1.29, 1.82) is 0 Å². The lowest BCUT2D eigenvalue weighted by Crippen LogP contribution is -2.24. The summed E-state index contributed by atoms with van der Waals surface area (Å²) in [5.74, 6) is -0.00471. The first-order chi connectivity index (χ1) is 14.9. The lowest BCUT2D eigenvalue weighted by Gasteiger charge is -2.09. The first-order valence-electron chi connectivity index (χ1n) is 9.20. The number of nitrogens with zero attached hydrogens (tertiary/aromatic N) is 1. The standard InChI is InChI=1S/C23H18Br2N2O4/c1-15-4-2-3-5-20(15)23(29)31-21-11-8-18(25)12-16(21)13-26-27-22(28)14-30-19-9-6-17(24)7-10-19/h2-13H,14H2,1H3,(H,27,28). The number of hydrogen-bond acceptors (Lipinski definition) is 5. The average molecular weight is 546 g/mol. The van der Waals surface area contributed by atoms with Gasteiger partial charge in [-0.2, -0.15) is 5.10 Å². The Morgan fingerprint density at radius 2 is 1.71 bits per heavy atom. The Hall–Kier alpha value is -2.97. The summed E-state index contributed by atoms with van der Waals surface area (Å²) in [7, 11) is 0. The summed E-state index contributed by atoms with van der Waals surface area (Å²) in [6.45, 7) is 1.65. The molecule has 0 heterocycles. The third-order valence-electron chi connectivity index (χ3n) is 4.12. The monoisotopic (exact) mass is 544 g/mol. The van der Waals surface area contributed by atoms with Gasteiger partial charge in [0, 0.05) is 14.5 Å².